The van der Waals surface area contributed by atoms with Gasteiger partial charge in [0.1, 0.15) is 0 Å². The molecular formula is C14H20BrNO. The van der Waals surface area contributed by atoms with E-state index in [-0.39, 0.29) is 11.9 Å². The third-order valence-electron chi connectivity index (χ3n) is 2.85. The normalized spacial score (nSPS) is 10.7. The van der Waals surface area contributed by atoms with Gasteiger partial charge in [0.15, 0.2) is 0 Å². The minimum absolute atomic E-state index is 0.126. The van der Waals surface area contributed by atoms with Crippen LogP contribution in [0.25, 0.3) is 0 Å². The van der Waals surface area contributed by atoms with Gasteiger partial charge in [0.25, 0.3) is 5.91 Å². The van der Waals surface area contributed by atoms with Crippen LogP contribution in [-0.2, 0) is 0 Å². The zero-order valence-corrected chi connectivity index (χ0v) is 12.5. The molecule has 0 aliphatic rings. The van der Waals surface area contributed by atoms with Gasteiger partial charge < -0.3 is 4.90 Å². The molecule has 0 saturated heterocycles. The third-order valence-corrected chi connectivity index (χ3v) is 3.71. The summed E-state index contributed by atoms with van der Waals surface area (Å²) in [6.07, 6.45) is 0.983. The van der Waals surface area contributed by atoms with E-state index in [4.69, 9.17) is 0 Å². The monoisotopic (exact) mass is 297 g/mol. The molecule has 17 heavy (non-hydrogen) atoms. The fourth-order valence-electron chi connectivity index (χ4n) is 1.83. The van der Waals surface area contributed by atoms with Gasteiger partial charge in [0.2, 0.25) is 0 Å². The first kappa shape index (κ1) is 14.2. The Hall–Kier alpha value is -0.830. The van der Waals surface area contributed by atoms with Gasteiger partial charge in [0, 0.05) is 22.6 Å². The van der Waals surface area contributed by atoms with Crippen LogP contribution in [0.1, 0.15) is 43.1 Å². The highest BCUT2D eigenvalue weighted by Crippen LogP contribution is 2.21. The molecule has 0 heterocycles. The summed E-state index contributed by atoms with van der Waals surface area (Å²) < 4.78 is 0.989. The van der Waals surface area contributed by atoms with Crippen molar-refractivity contribution in [3.63, 3.8) is 0 Å². The number of halogens is 1. The quantitative estimate of drug-likeness (QED) is 0.822. The second kappa shape index (κ2) is 6.20. The first-order valence-electron chi connectivity index (χ1n) is 6.05. The van der Waals surface area contributed by atoms with Gasteiger partial charge in [-0.2, -0.15) is 0 Å². The zero-order valence-electron chi connectivity index (χ0n) is 11.0. The van der Waals surface area contributed by atoms with Crippen molar-refractivity contribution in [1.82, 2.24) is 4.90 Å². The van der Waals surface area contributed by atoms with Crippen LogP contribution in [0, 0.1) is 6.92 Å². The summed E-state index contributed by atoms with van der Waals surface area (Å²) in [6, 6.07) is 6.01. The minimum Gasteiger partial charge on any atom is -0.336 e. The molecular weight excluding hydrogens is 278 g/mol. The number of carbonyl (C=O) groups is 1. The minimum atomic E-state index is 0.126. The molecule has 0 spiro atoms. The van der Waals surface area contributed by atoms with Crippen LogP contribution in [-0.4, -0.2) is 23.4 Å². The van der Waals surface area contributed by atoms with Gasteiger partial charge in [-0.1, -0.05) is 28.9 Å². The van der Waals surface area contributed by atoms with Crippen LogP contribution in [0.2, 0.25) is 0 Å². The largest absolute Gasteiger partial charge is 0.336 e. The van der Waals surface area contributed by atoms with Crippen molar-refractivity contribution in [1.29, 1.82) is 0 Å². The maximum Gasteiger partial charge on any atom is 0.254 e. The van der Waals surface area contributed by atoms with Gasteiger partial charge >= 0.3 is 0 Å². The van der Waals surface area contributed by atoms with E-state index in [1.54, 1.807) is 0 Å². The van der Waals surface area contributed by atoms with Gasteiger partial charge in [-0.05, 0) is 44.9 Å². The summed E-state index contributed by atoms with van der Waals surface area (Å²) in [6.45, 7) is 8.99. The lowest BCUT2D eigenvalue weighted by molar-refractivity contribution is 0.0705. The maximum atomic E-state index is 12.5. The number of hydrogen-bond donors (Lipinski definition) is 0. The number of amides is 1. The Morgan fingerprint density at radius 1 is 1.41 bits per heavy atom. The van der Waals surface area contributed by atoms with Crippen molar-refractivity contribution < 1.29 is 4.79 Å². The van der Waals surface area contributed by atoms with Crippen LogP contribution in [0.15, 0.2) is 22.7 Å². The molecule has 0 N–H and O–H groups in total. The van der Waals surface area contributed by atoms with E-state index in [0.29, 0.717) is 0 Å². The van der Waals surface area contributed by atoms with Gasteiger partial charge in [0.05, 0.1) is 0 Å². The number of benzene rings is 1. The molecule has 94 valence electrons. The lowest BCUT2D eigenvalue weighted by Crippen LogP contribution is -2.37. The molecule has 0 saturated carbocycles. The van der Waals surface area contributed by atoms with Crippen molar-refractivity contribution >= 4 is 21.8 Å². The first-order valence-corrected chi connectivity index (χ1v) is 6.84. The van der Waals surface area contributed by atoms with E-state index in [1.807, 2.05) is 30.0 Å². The molecule has 1 aromatic carbocycles. The summed E-state index contributed by atoms with van der Waals surface area (Å²) in [4.78, 5) is 14.4. The highest BCUT2D eigenvalue weighted by atomic mass is 79.9. The number of hydrogen-bond acceptors (Lipinski definition) is 1. The van der Waals surface area contributed by atoms with Crippen molar-refractivity contribution in [2.75, 3.05) is 6.54 Å². The van der Waals surface area contributed by atoms with Gasteiger partial charge in [-0.3, -0.25) is 4.79 Å². The molecule has 2 nitrogen and oxygen atoms in total. The maximum absolute atomic E-state index is 12.5. The van der Waals surface area contributed by atoms with Crippen LogP contribution in [0.5, 0.6) is 0 Å². The van der Waals surface area contributed by atoms with Crippen LogP contribution in [0.3, 0.4) is 0 Å². The molecule has 0 bridgehead atoms. The average molecular weight is 298 g/mol. The third kappa shape index (κ3) is 3.32. The van der Waals surface area contributed by atoms with Crippen molar-refractivity contribution in [2.24, 2.45) is 0 Å². The summed E-state index contributed by atoms with van der Waals surface area (Å²) in [5.41, 5.74) is 1.81. The van der Waals surface area contributed by atoms with E-state index in [2.05, 4.69) is 36.7 Å². The summed E-state index contributed by atoms with van der Waals surface area (Å²) in [5, 5.41) is 0. The molecule has 0 aliphatic heterocycles. The highest BCUT2D eigenvalue weighted by Gasteiger charge is 2.19. The lowest BCUT2D eigenvalue weighted by Gasteiger charge is -2.27. The van der Waals surface area contributed by atoms with E-state index in [0.717, 1.165) is 28.6 Å². The first-order chi connectivity index (χ1) is 7.99. The molecule has 0 fully saturated rings. The Bertz CT molecular complexity index is 401. The zero-order chi connectivity index (χ0) is 13.0. The Balaban J connectivity index is 3.05. The Morgan fingerprint density at radius 2 is 2.06 bits per heavy atom. The molecule has 0 aromatic heterocycles. The number of rotatable bonds is 4. The van der Waals surface area contributed by atoms with Crippen LogP contribution < -0.4 is 0 Å². The number of nitrogens with zero attached hydrogens (tertiary/aromatic N) is 1. The van der Waals surface area contributed by atoms with Gasteiger partial charge in [-0.25, -0.2) is 0 Å². The van der Waals surface area contributed by atoms with Crippen LogP contribution >= 0.6 is 15.9 Å². The summed E-state index contributed by atoms with van der Waals surface area (Å²) in [7, 11) is 0. The fraction of sp³-hybridized carbons (Fsp3) is 0.500. The predicted molar refractivity (Wildman–Crippen MR) is 75.3 cm³/mol. The Morgan fingerprint density at radius 3 is 2.59 bits per heavy atom. The van der Waals surface area contributed by atoms with E-state index < -0.39 is 0 Å². The fourth-order valence-corrected chi connectivity index (χ4v) is 2.20. The SMILES string of the molecule is CCCN(C(=O)c1cccc(Br)c1C)C(C)C. The molecule has 1 amide bonds. The summed E-state index contributed by atoms with van der Waals surface area (Å²) in [5.74, 6) is 0.126. The van der Waals surface area contributed by atoms with E-state index in [9.17, 15) is 4.79 Å². The van der Waals surface area contributed by atoms with Crippen molar-refractivity contribution in [3.05, 3.63) is 33.8 Å². The average Bonchev–Trinajstić information content (AvgIpc) is 2.28. The molecule has 0 atom stereocenters. The molecule has 0 unspecified atom stereocenters. The van der Waals surface area contributed by atoms with E-state index in [1.165, 1.54) is 0 Å². The second-order valence-corrected chi connectivity index (χ2v) is 5.36. The second-order valence-electron chi connectivity index (χ2n) is 4.50. The highest BCUT2D eigenvalue weighted by molar-refractivity contribution is 9.10. The summed E-state index contributed by atoms with van der Waals surface area (Å²) >= 11 is 3.47. The molecule has 1 rings (SSSR count). The smallest absolute Gasteiger partial charge is 0.254 e. The Kier molecular flexibility index (Phi) is 5.19. The van der Waals surface area contributed by atoms with Crippen molar-refractivity contribution in [2.45, 2.75) is 40.2 Å². The van der Waals surface area contributed by atoms with E-state index >= 15 is 0 Å². The molecule has 1 aromatic rings. The number of carbonyl (C=O) groups excluding carboxylic acids is 1. The molecule has 3 heteroatoms. The predicted octanol–water partition coefficient (Wildman–Crippen LogP) is 4.02. The Labute approximate surface area is 112 Å². The molecule has 0 radical (unpaired) electrons. The van der Waals surface area contributed by atoms with Crippen molar-refractivity contribution in [3.8, 4) is 0 Å². The topological polar surface area (TPSA) is 20.3 Å². The lowest BCUT2D eigenvalue weighted by atomic mass is 10.1. The van der Waals surface area contributed by atoms with Gasteiger partial charge in [-0.15, -0.1) is 0 Å². The molecule has 0 aliphatic carbocycles. The van der Waals surface area contributed by atoms with Crippen LogP contribution in [0.4, 0.5) is 0 Å². The standard InChI is InChI=1S/C14H20BrNO/c1-5-9-16(10(2)3)14(17)12-7-6-8-13(15)11(12)4/h6-8,10H,5,9H2,1-4H3.